The summed E-state index contributed by atoms with van der Waals surface area (Å²) in [5, 5.41) is 0. The number of benzene rings is 1. The van der Waals surface area contributed by atoms with Crippen molar-refractivity contribution in [3.63, 3.8) is 0 Å². The molecule has 0 aliphatic heterocycles. The highest BCUT2D eigenvalue weighted by Crippen LogP contribution is 2.10. The van der Waals surface area contributed by atoms with Crippen LogP contribution in [-0.2, 0) is 14.2 Å². The van der Waals surface area contributed by atoms with Crippen molar-refractivity contribution in [2.24, 2.45) is 0 Å². The maximum absolute atomic E-state index is 11.7. The molecule has 0 aliphatic carbocycles. The van der Waals surface area contributed by atoms with Crippen LogP contribution in [0.25, 0.3) is 0 Å². The van der Waals surface area contributed by atoms with Gasteiger partial charge in [0.15, 0.2) is 0 Å². The zero-order valence-corrected chi connectivity index (χ0v) is 11.9. The summed E-state index contributed by atoms with van der Waals surface area (Å²) in [4.78, 5) is 11.7. The second-order valence-corrected chi connectivity index (χ2v) is 4.24. The average molecular weight is 266 g/mol. The summed E-state index contributed by atoms with van der Waals surface area (Å²) >= 11 is 0. The molecule has 4 nitrogen and oxygen atoms in total. The van der Waals surface area contributed by atoms with Crippen LogP contribution in [0, 0.1) is 13.8 Å². The van der Waals surface area contributed by atoms with Gasteiger partial charge in [-0.05, 0) is 44.0 Å². The lowest BCUT2D eigenvalue weighted by molar-refractivity contribution is 0.0164. The van der Waals surface area contributed by atoms with E-state index in [1.807, 2.05) is 32.9 Å². The van der Waals surface area contributed by atoms with Gasteiger partial charge in [-0.2, -0.15) is 0 Å². The van der Waals surface area contributed by atoms with E-state index in [0.29, 0.717) is 32.0 Å². The molecule has 1 rings (SSSR count). The smallest absolute Gasteiger partial charge is 0.338 e. The fourth-order valence-corrected chi connectivity index (χ4v) is 1.51. The maximum atomic E-state index is 11.7. The molecule has 0 radical (unpaired) electrons. The molecule has 0 bridgehead atoms. The van der Waals surface area contributed by atoms with Crippen LogP contribution in [0.5, 0.6) is 0 Å². The van der Waals surface area contributed by atoms with Gasteiger partial charge in [-0.1, -0.05) is 6.07 Å². The highest BCUT2D eigenvalue weighted by Gasteiger charge is 2.07. The number of esters is 1. The van der Waals surface area contributed by atoms with Crippen molar-refractivity contribution in [3.8, 4) is 0 Å². The van der Waals surface area contributed by atoms with Gasteiger partial charge in [0.05, 0.1) is 25.4 Å². The number of carbonyl (C=O) groups excluding carboxylic acids is 1. The second kappa shape index (κ2) is 8.67. The number of hydrogen-bond donors (Lipinski definition) is 0. The lowest BCUT2D eigenvalue weighted by Crippen LogP contribution is -2.13. The third-order valence-corrected chi connectivity index (χ3v) is 2.78. The number of aryl methyl sites for hydroxylation is 2. The Kier molecular flexibility index (Phi) is 7.15. The minimum Gasteiger partial charge on any atom is -0.460 e. The Balaban J connectivity index is 2.22. The minimum atomic E-state index is -0.309. The number of ether oxygens (including phenoxy) is 3. The van der Waals surface area contributed by atoms with Crippen LogP contribution < -0.4 is 0 Å². The number of hydrogen-bond acceptors (Lipinski definition) is 4. The van der Waals surface area contributed by atoms with Crippen LogP contribution >= 0.6 is 0 Å². The standard InChI is InChI=1S/C15H22O4/c1-4-17-7-8-18-9-10-19-15(16)14-6-5-12(2)13(3)11-14/h5-6,11H,4,7-10H2,1-3H3. The third kappa shape index (κ3) is 5.85. The molecule has 1 aromatic carbocycles. The van der Waals surface area contributed by atoms with E-state index in [4.69, 9.17) is 14.2 Å². The van der Waals surface area contributed by atoms with Crippen molar-refractivity contribution in [3.05, 3.63) is 34.9 Å². The van der Waals surface area contributed by atoms with Crippen LogP contribution in [0.1, 0.15) is 28.4 Å². The van der Waals surface area contributed by atoms with Crippen LogP contribution in [0.2, 0.25) is 0 Å². The van der Waals surface area contributed by atoms with Crippen LogP contribution in [0.15, 0.2) is 18.2 Å². The molecule has 0 heterocycles. The first kappa shape index (κ1) is 15.7. The molecular formula is C15H22O4. The van der Waals surface area contributed by atoms with Gasteiger partial charge in [0.1, 0.15) is 6.61 Å². The molecule has 0 fully saturated rings. The van der Waals surface area contributed by atoms with Gasteiger partial charge in [-0.15, -0.1) is 0 Å². The third-order valence-electron chi connectivity index (χ3n) is 2.78. The molecule has 0 saturated carbocycles. The first-order valence-corrected chi connectivity index (χ1v) is 6.55. The van der Waals surface area contributed by atoms with Gasteiger partial charge in [0.25, 0.3) is 0 Å². The Bertz CT molecular complexity index is 401. The summed E-state index contributed by atoms with van der Waals surface area (Å²) < 4.78 is 15.5. The highest BCUT2D eigenvalue weighted by molar-refractivity contribution is 5.89. The van der Waals surface area contributed by atoms with E-state index in [0.717, 1.165) is 11.1 Å². The van der Waals surface area contributed by atoms with Crippen molar-refractivity contribution >= 4 is 5.97 Å². The van der Waals surface area contributed by atoms with Crippen LogP contribution in [0.4, 0.5) is 0 Å². The second-order valence-electron chi connectivity index (χ2n) is 4.24. The largest absolute Gasteiger partial charge is 0.460 e. The maximum Gasteiger partial charge on any atom is 0.338 e. The molecule has 0 aromatic heterocycles. The van der Waals surface area contributed by atoms with Crippen molar-refractivity contribution in [1.29, 1.82) is 0 Å². The van der Waals surface area contributed by atoms with E-state index >= 15 is 0 Å². The van der Waals surface area contributed by atoms with Gasteiger partial charge in [0, 0.05) is 6.61 Å². The van der Waals surface area contributed by atoms with E-state index in [1.165, 1.54) is 0 Å². The Hall–Kier alpha value is -1.39. The zero-order valence-electron chi connectivity index (χ0n) is 11.9. The first-order chi connectivity index (χ1) is 9.15. The SMILES string of the molecule is CCOCCOCCOC(=O)c1ccc(C)c(C)c1. The van der Waals surface area contributed by atoms with Crippen molar-refractivity contribution in [1.82, 2.24) is 0 Å². The normalized spacial score (nSPS) is 10.5. The first-order valence-electron chi connectivity index (χ1n) is 6.55. The molecule has 0 saturated heterocycles. The minimum absolute atomic E-state index is 0.262. The number of carbonyl (C=O) groups is 1. The Labute approximate surface area is 114 Å². The predicted octanol–water partition coefficient (Wildman–Crippen LogP) is 2.51. The van der Waals surface area contributed by atoms with E-state index in [-0.39, 0.29) is 12.6 Å². The average Bonchev–Trinajstić information content (AvgIpc) is 2.40. The molecular weight excluding hydrogens is 244 g/mol. The van der Waals surface area contributed by atoms with E-state index in [1.54, 1.807) is 6.07 Å². The van der Waals surface area contributed by atoms with Gasteiger partial charge in [-0.3, -0.25) is 0 Å². The van der Waals surface area contributed by atoms with Crippen molar-refractivity contribution < 1.29 is 19.0 Å². The molecule has 0 spiro atoms. The summed E-state index contributed by atoms with van der Waals surface area (Å²) in [5.74, 6) is -0.309. The highest BCUT2D eigenvalue weighted by atomic mass is 16.6. The van der Waals surface area contributed by atoms with Gasteiger partial charge >= 0.3 is 5.97 Å². The molecule has 19 heavy (non-hydrogen) atoms. The van der Waals surface area contributed by atoms with Crippen molar-refractivity contribution in [2.75, 3.05) is 33.0 Å². The van der Waals surface area contributed by atoms with Gasteiger partial charge in [-0.25, -0.2) is 4.79 Å². The fourth-order valence-electron chi connectivity index (χ4n) is 1.51. The molecule has 0 amide bonds. The summed E-state index contributed by atoms with van der Waals surface area (Å²) in [6.45, 7) is 8.36. The van der Waals surface area contributed by atoms with E-state index in [2.05, 4.69) is 0 Å². The molecule has 0 unspecified atom stereocenters. The number of rotatable bonds is 8. The zero-order chi connectivity index (χ0) is 14.1. The van der Waals surface area contributed by atoms with E-state index in [9.17, 15) is 4.79 Å². The lowest BCUT2D eigenvalue weighted by Gasteiger charge is -2.07. The summed E-state index contributed by atoms with van der Waals surface area (Å²) in [7, 11) is 0. The summed E-state index contributed by atoms with van der Waals surface area (Å²) in [5.41, 5.74) is 2.83. The van der Waals surface area contributed by atoms with Gasteiger partial charge in [0.2, 0.25) is 0 Å². The van der Waals surface area contributed by atoms with Crippen molar-refractivity contribution in [2.45, 2.75) is 20.8 Å². The molecule has 4 heteroatoms. The monoisotopic (exact) mass is 266 g/mol. The fraction of sp³-hybridized carbons (Fsp3) is 0.533. The van der Waals surface area contributed by atoms with Gasteiger partial charge < -0.3 is 14.2 Å². The van der Waals surface area contributed by atoms with Crippen LogP contribution in [0.3, 0.4) is 0 Å². The molecule has 1 aromatic rings. The topological polar surface area (TPSA) is 44.8 Å². The molecule has 106 valence electrons. The molecule has 0 aliphatic rings. The quantitative estimate of drug-likeness (QED) is 0.536. The Morgan fingerprint density at radius 2 is 1.68 bits per heavy atom. The summed E-state index contributed by atoms with van der Waals surface area (Å²) in [6, 6.07) is 5.54. The molecule has 0 atom stereocenters. The molecule has 0 N–H and O–H groups in total. The van der Waals surface area contributed by atoms with E-state index < -0.39 is 0 Å². The summed E-state index contributed by atoms with van der Waals surface area (Å²) in [6.07, 6.45) is 0. The predicted molar refractivity (Wildman–Crippen MR) is 73.5 cm³/mol. The Morgan fingerprint density at radius 1 is 1.00 bits per heavy atom. The van der Waals surface area contributed by atoms with Crippen LogP contribution in [-0.4, -0.2) is 39.0 Å². The lowest BCUT2D eigenvalue weighted by atomic mass is 10.1. The Morgan fingerprint density at radius 3 is 2.37 bits per heavy atom.